The fourth-order valence-electron chi connectivity index (χ4n) is 5.02. The zero-order valence-electron chi connectivity index (χ0n) is 19.4. The van der Waals surface area contributed by atoms with Crippen LogP contribution in [0.15, 0.2) is 60.1 Å². The molecule has 4 heterocycles. The second kappa shape index (κ2) is 8.90. The summed E-state index contributed by atoms with van der Waals surface area (Å²) in [7, 11) is 1.93. The predicted molar refractivity (Wildman–Crippen MR) is 135 cm³/mol. The fraction of sp³-hybridized carbons (Fsp3) is 0.308. The van der Waals surface area contributed by atoms with Crippen LogP contribution in [-0.2, 0) is 7.05 Å². The quantitative estimate of drug-likeness (QED) is 0.469. The normalized spacial score (nSPS) is 18.3. The Morgan fingerprint density at radius 3 is 2.57 bits per heavy atom. The lowest BCUT2D eigenvalue weighted by Gasteiger charge is -2.41. The molecule has 2 saturated heterocycles. The number of amides is 2. The largest absolute Gasteiger partial charge is 0.335 e. The molecular weight excluding hydrogens is 460 g/mol. The maximum atomic E-state index is 13.2. The lowest BCUT2D eigenvalue weighted by atomic mass is 10.0. The van der Waals surface area contributed by atoms with Gasteiger partial charge < -0.3 is 15.1 Å². The van der Waals surface area contributed by atoms with Crippen molar-refractivity contribution in [2.24, 2.45) is 7.05 Å². The Morgan fingerprint density at radius 1 is 1.00 bits per heavy atom. The monoisotopic (exact) mass is 486 g/mol. The molecule has 6 rings (SSSR count). The van der Waals surface area contributed by atoms with E-state index >= 15 is 0 Å². The molecule has 0 aliphatic carbocycles. The molecule has 0 saturated carbocycles. The van der Waals surface area contributed by atoms with Crippen molar-refractivity contribution in [3.8, 4) is 11.3 Å². The van der Waals surface area contributed by atoms with Crippen molar-refractivity contribution in [1.29, 1.82) is 0 Å². The molecule has 1 atom stereocenters. The van der Waals surface area contributed by atoms with Gasteiger partial charge in [-0.05, 0) is 24.6 Å². The fourth-order valence-corrected chi connectivity index (χ4v) is 5.62. The van der Waals surface area contributed by atoms with Crippen LogP contribution in [0.25, 0.3) is 22.2 Å². The van der Waals surface area contributed by atoms with Gasteiger partial charge in [0.2, 0.25) is 0 Å². The molecule has 0 bridgehead atoms. The van der Waals surface area contributed by atoms with Crippen LogP contribution < -0.4 is 5.32 Å². The lowest BCUT2D eigenvalue weighted by Crippen LogP contribution is -2.62. The summed E-state index contributed by atoms with van der Waals surface area (Å²) in [5.41, 5.74) is 3.61. The van der Waals surface area contributed by atoms with Gasteiger partial charge in [-0.1, -0.05) is 30.3 Å². The van der Waals surface area contributed by atoms with E-state index in [-0.39, 0.29) is 23.9 Å². The second-order valence-corrected chi connectivity index (χ2v) is 10.1. The van der Waals surface area contributed by atoms with Gasteiger partial charge in [-0.15, -0.1) is 11.3 Å². The van der Waals surface area contributed by atoms with Gasteiger partial charge in [0.25, 0.3) is 11.8 Å². The number of rotatable bonds is 5. The van der Waals surface area contributed by atoms with Crippen LogP contribution in [0.2, 0.25) is 0 Å². The summed E-state index contributed by atoms with van der Waals surface area (Å²) in [5, 5.41) is 11.7. The average molecular weight is 487 g/mol. The molecule has 178 valence electrons. The van der Waals surface area contributed by atoms with Crippen LogP contribution >= 0.6 is 11.3 Å². The highest BCUT2D eigenvalue weighted by molar-refractivity contribution is 7.11. The third-order valence-corrected chi connectivity index (χ3v) is 7.64. The standard InChI is InChI=1S/C26H26N6O2S/c1-30-22-8-7-18(13-21(22)23(29-30)17-5-3-2-4-6-17)25(33)32-15-20(16-32)28-19-9-11-31(14-19)26(34)24-27-10-12-35-24/h2-8,10,12-13,19-20,28H,9,11,14-16H2,1H3. The van der Waals surface area contributed by atoms with E-state index in [4.69, 9.17) is 5.10 Å². The first-order valence-corrected chi connectivity index (χ1v) is 12.7. The number of nitrogens with zero attached hydrogens (tertiary/aromatic N) is 5. The first-order valence-electron chi connectivity index (χ1n) is 11.8. The molecule has 2 amide bonds. The Hall–Kier alpha value is -3.56. The number of aromatic nitrogens is 3. The number of hydrogen-bond acceptors (Lipinski definition) is 6. The summed E-state index contributed by atoms with van der Waals surface area (Å²) in [6.45, 7) is 2.77. The Balaban J connectivity index is 1.09. The molecule has 1 N–H and O–H groups in total. The van der Waals surface area contributed by atoms with E-state index in [2.05, 4.69) is 10.3 Å². The Bertz CT molecular complexity index is 1380. The third kappa shape index (κ3) is 4.11. The Labute approximate surface area is 207 Å². The minimum Gasteiger partial charge on any atom is -0.335 e. The van der Waals surface area contributed by atoms with Gasteiger partial charge in [-0.25, -0.2) is 4.98 Å². The summed E-state index contributed by atoms with van der Waals surface area (Å²) in [6, 6.07) is 16.4. The highest BCUT2D eigenvalue weighted by Gasteiger charge is 2.35. The van der Waals surface area contributed by atoms with Gasteiger partial charge in [-0.2, -0.15) is 5.10 Å². The number of likely N-dealkylation sites (tertiary alicyclic amines) is 2. The van der Waals surface area contributed by atoms with Gasteiger partial charge in [0.1, 0.15) is 5.69 Å². The first kappa shape index (κ1) is 21.9. The molecular formula is C26H26N6O2S. The number of aryl methyl sites for hydroxylation is 1. The van der Waals surface area contributed by atoms with Crippen molar-refractivity contribution < 1.29 is 9.59 Å². The van der Waals surface area contributed by atoms with Gasteiger partial charge in [0.05, 0.1) is 5.52 Å². The van der Waals surface area contributed by atoms with Crippen molar-refractivity contribution in [2.75, 3.05) is 26.2 Å². The molecule has 0 spiro atoms. The molecule has 2 fully saturated rings. The topological polar surface area (TPSA) is 83.4 Å². The van der Waals surface area contributed by atoms with Gasteiger partial charge in [0.15, 0.2) is 5.01 Å². The summed E-state index contributed by atoms with van der Waals surface area (Å²) in [5.74, 6) is 0.0511. The second-order valence-electron chi connectivity index (χ2n) is 9.22. The number of carbonyl (C=O) groups excluding carboxylic acids is 2. The van der Waals surface area contributed by atoms with E-state index in [0.717, 1.165) is 35.1 Å². The summed E-state index contributed by atoms with van der Waals surface area (Å²) >= 11 is 1.38. The van der Waals surface area contributed by atoms with Crippen molar-refractivity contribution in [1.82, 2.24) is 29.9 Å². The van der Waals surface area contributed by atoms with Gasteiger partial charge in [0, 0.05) is 73.4 Å². The zero-order valence-corrected chi connectivity index (χ0v) is 20.2. The number of nitrogens with one attached hydrogen (secondary N) is 1. The van der Waals surface area contributed by atoms with E-state index in [1.54, 1.807) is 6.20 Å². The van der Waals surface area contributed by atoms with Crippen LogP contribution in [0.4, 0.5) is 0 Å². The van der Waals surface area contributed by atoms with Crippen LogP contribution in [0.5, 0.6) is 0 Å². The van der Waals surface area contributed by atoms with Crippen molar-refractivity contribution in [3.63, 3.8) is 0 Å². The molecule has 8 nitrogen and oxygen atoms in total. The number of benzene rings is 2. The lowest BCUT2D eigenvalue weighted by molar-refractivity contribution is 0.0553. The summed E-state index contributed by atoms with van der Waals surface area (Å²) in [6.07, 6.45) is 2.58. The first-order chi connectivity index (χ1) is 17.1. The minimum atomic E-state index is 0.00961. The Morgan fingerprint density at radius 2 is 1.80 bits per heavy atom. The molecule has 35 heavy (non-hydrogen) atoms. The predicted octanol–water partition coefficient (Wildman–Crippen LogP) is 3.03. The van der Waals surface area contributed by atoms with Crippen LogP contribution in [0, 0.1) is 0 Å². The summed E-state index contributed by atoms with van der Waals surface area (Å²) in [4.78, 5) is 33.6. The van der Waals surface area contributed by atoms with E-state index in [9.17, 15) is 9.59 Å². The van der Waals surface area contributed by atoms with Gasteiger partial charge >= 0.3 is 0 Å². The molecule has 2 aromatic carbocycles. The molecule has 1 unspecified atom stereocenters. The number of fused-ring (bicyclic) bond motifs is 1. The number of hydrogen-bond donors (Lipinski definition) is 1. The molecule has 2 aliphatic rings. The Kier molecular flexibility index (Phi) is 5.58. The SMILES string of the molecule is Cn1nc(-c2ccccc2)c2cc(C(=O)N3CC(NC4CCN(C(=O)c5nccs5)C4)C3)ccc21. The smallest absolute Gasteiger partial charge is 0.282 e. The van der Waals surface area contributed by atoms with Gasteiger partial charge in [-0.3, -0.25) is 14.3 Å². The number of carbonyl (C=O) groups is 2. The minimum absolute atomic E-state index is 0.00961. The van der Waals surface area contributed by atoms with E-state index in [0.29, 0.717) is 30.2 Å². The van der Waals surface area contributed by atoms with E-state index < -0.39 is 0 Å². The molecule has 0 radical (unpaired) electrons. The zero-order chi connectivity index (χ0) is 23.9. The molecule has 9 heteroatoms. The maximum absolute atomic E-state index is 13.2. The maximum Gasteiger partial charge on any atom is 0.282 e. The highest BCUT2D eigenvalue weighted by Crippen LogP contribution is 2.29. The summed E-state index contributed by atoms with van der Waals surface area (Å²) < 4.78 is 1.86. The van der Waals surface area contributed by atoms with Crippen LogP contribution in [-0.4, -0.2) is 74.6 Å². The van der Waals surface area contributed by atoms with Crippen LogP contribution in [0.1, 0.15) is 26.6 Å². The highest BCUT2D eigenvalue weighted by atomic mass is 32.1. The molecule has 4 aromatic rings. The van der Waals surface area contributed by atoms with Crippen LogP contribution in [0.3, 0.4) is 0 Å². The molecule has 2 aliphatic heterocycles. The van der Waals surface area contributed by atoms with E-state index in [1.807, 2.05) is 75.4 Å². The molecule has 2 aromatic heterocycles. The van der Waals surface area contributed by atoms with Crippen molar-refractivity contribution in [3.05, 3.63) is 70.7 Å². The van der Waals surface area contributed by atoms with Crippen molar-refractivity contribution >= 4 is 34.1 Å². The average Bonchev–Trinajstić information content (AvgIpc) is 3.62. The third-order valence-electron chi connectivity index (χ3n) is 6.88. The van der Waals surface area contributed by atoms with Crippen molar-refractivity contribution in [2.45, 2.75) is 18.5 Å². The van der Waals surface area contributed by atoms with E-state index in [1.165, 1.54) is 11.3 Å². The number of thiazole rings is 1.